The first kappa shape index (κ1) is 17.0. The fourth-order valence-corrected chi connectivity index (χ4v) is 2.51. The van der Waals surface area contributed by atoms with Gasteiger partial charge in [0.1, 0.15) is 0 Å². The van der Waals surface area contributed by atoms with Crippen LogP contribution in [-0.2, 0) is 9.59 Å². The van der Waals surface area contributed by atoms with Gasteiger partial charge in [0.25, 0.3) is 11.8 Å². The van der Waals surface area contributed by atoms with Gasteiger partial charge < -0.3 is 15.5 Å². The molecule has 122 valence electrons. The second-order valence-electron chi connectivity index (χ2n) is 6.11. The van der Waals surface area contributed by atoms with Crippen molar-refractivity contribution in [2.75, 3.05) is 25.5 Å². The summed E-state index contributed by atoms with van der Waals surface area (Å²) < 4.78 is 0. The first-order valence-electron chi connectivity index (χ1n) is 7.84. The van der Waals surface area contributed by atoms with Crippen LogP contribution in [0.3, 0.4) is 0 Å². The van der Waals surface area contributed by atoms with E-state index in [-0.39, 0.29) is 30.9 Å². The number of fused-ring (bicyclic) bond motifs is 1. The van der Waals surface area contributed by atoms with E-state index in [1.165, 1.54) is 0 Å². The van der Waals surface area contributed by atoms with E-state index in [1.807, 2.05) is 63.4 Å². The zero-order valence-electron chi connectivity index (χ0n) is 13.8. The van der Waals surface area contributed by atoms with Crippen molar-refractivity contribution in [1.29, 1.82) is 0 Å². The molecule has 3 N–H and O–H groups in total. The van der Waals surface area contributed by atoms with Crippen molar-refractivity contribution >= 4 is 28.3 Å². The Labute approximate surface area is 136 Å². The number of anilines is 1. The molecular weight excluding hydrogens is 290 g/mol. The Morgan fingerprint density at radius 3 is 2.39 bits per heavy atom. The molecule has 0 aromatic heterocycles. The van der Waals surface area contributed by atoms with E-state index in [0.29, 0.717) is 0 Å². The number of carbonyl (C=O) groups is 2. The van der Waals surface area contributed by atoms with Crippen LogP contribution in [0, 0.1) is 0 Å². The van der Waals surface area contributed by atoms with Crippen LogP contribution in [0.1, 0.15) is 13.8 Å². The number of hydrogen-bond donors (Lipinski definition) is 3. The van der Waals surface area contributed by atoms with E-state index in [1.54, 1.807) is 0 Å². The maximum atomic E-state index is 12.2. The van der Waals surface area contributed by atoms with E-state index in [0.717, 1.165) is 21.4 Å². The molecule has 5 nitrogen and oxygen atoms in total. The van der Waals surface area contributed by atoms with Crippen LogP contribution in [0.15, 0.2) is 42.5 Å². The summed E-state index contributed by atoms with van der Waals surface area (Å²) in [6.07, 6.45) is 0. The molecule has 0 fully saturated rings. The minimum absolute atomic E-state index is 0.0459. The minimum Gasteiger partial charge on any atom is -0.349 e. The van der Waals surface area contributed by atoms with Crippen molar-refractivity contribution in [2.45, 2.75) is 19.9 Å². The van der Waals surface area contributed by atoms with Gasteiger partial charge >= 0.3 is 0 Å². The summed E-state index contributed by atoms with van der Waals surface area (Å²) in [6.45, 7) is 4.36. The molecule has 2 amide bonds. The number of rotatable bonds is 6. The molecule has 0 radical (unpaired) electrons. The monoisotopic (exact) mass is 314 g/mol. The number of quaternary nitrogens is 1. The third-order valence-electron chi connectivity index (χ3n) is 3.44. The molecule has 5 heteroatoms. The normalized spacial score (nSPS) is 12.2. The summed E-state index contributed by atoms with van der Waals surface area (Å²) in [5.74, 6) is -0.147. The van der Waals surface area contributed by atoms with Gasteiger partial charge in [-0.25, -0.2) is 0 Å². The fourth-order valence-electron chi connectivity index (χ4n) is 2.51. The largest absolute Gasteiger partial charge is 0.349 e. The summed E-state index contributed by atoms with van der Waals surface area (Å²) in [7, 11) is 1.84. The maximum Gasteiger partial charge on any atom is 0.279 e. The number of nitrogens with one attached hydrogen (secondary N) is 3. The third kappa shape index (κ3) is 5.07. The molecule has 0 aliphatic carbocycles. The molecule has 1 atom stereocenters. The average molecular weight is 314 g/mol. The molecule has 0 aliphatic heterocycles. The summed E-state index contributed by atoms with van der Waals surface area (Å²) in [6, 6.07) is 13.9. The van der Waals surface area contributed by atoms with Gasteiger partial charge in [-0.05, 0) is 25.3 Å². The lowest BCUT2D eigenvalue weighted by Crippen LogP contribution is -3.11. The number of benzene rings is 2. The highest BCUT2D eigenvalue weighted by atomic mass is 16.2. The number of carbonyl (C=O) groups excluding carboxylic acids is 2. The van der Waals surface area contributed by atoms with Crippen LogP contribution in [0.2, 0.25) is 0 Å². The van der Waals surface area contributed by atoms with Gasteiger partial charge in [-0.15, -0.1) is 0 Å². The van der Waals surface area contributed by atoms with E-state index in [9.17, 15) is 9.59 Å². The molecule has 23 heavy (non-hydrogen) atoms. The summed E-state index contributed by atoms with van der Waals surface area (Å²) in [5, 5.41) is 7.87. The van der Waals surface area contributed by atoms with Gasteiger partial charge in [0.05, 0.1) is 7.05 Å². The van der Waals surface area contributed by atoms with Crippen molar-refractivity contribution in [3.05, 3.63) is 42.5 Å². The SMILES string of the molecule is CC(C)NC(=O)C[NH+](C)CC(=O)Nc1cccc2ccccc12. The lowest BCUT2D eigenvalue weighted by molar-refractivity contribution is -0.862. The van der Waals surface area contributed by atoms with E-state index < -0.39 is 0 Å². The Bertz CT molecular complexity index is 692. The molecule has 0 heterocycles. The zero-order valence-corrected chi connectivity index (χ0v) is 13.8. The molecule has 0 spiro atoms. The fraction of sp³-hybridized carbons (Fsp3) is 0.333. The lowest BCUT2D eigenvalue weighted by atomic mass is 10.1. The van der Waals surface area contributed by atoms with Crippen LogP contribution >= 0.6 is 0 Å². The number of likely N-dealkylation sites (N-methyl/N-ethyl adjacent to an activating group) is 1. The molecule has 0 aliphatic rings. The molecule has 1 unspecified atom stereocenters. The Hall–Kier alpha value is -2.40. The van der Waals surface area contributed by atoms with E-state index >= 15 is 0 Å². The first-order valence-corrected chi connectivity index (χ1v) is 7.84. The maximum absolute atomic E-state index is 12.2. The topological polar surface area (TPSA) is 62.6 Å². The highest BCUT2D eigenvalue weighted by molar-refractivity contribution is 6.02. The highest BCUT2D eigenvalue weighted by Crippen LogP contribution is 2.22. The summed E-state index contributed by atoms with van der Waals surface area (Å²) in [4.78, 5) is 24.8. The lowest BCUT2D eigenvalue weighted by Gasteiger charge is -2.15. The van der Waals surface area contributed by atoms with Crippen molar-refractivity contribution in [3.8, 4) is 0 Å². The van der Waals surface area contributed by atoms with Gasteiger partial charge in [-0.2, -0.15) is 0 Å². The Morgan fingerprint density at radius 1 is 1.00 bits per heavy atom. The molecule has 0 saturated heterocycles. The molecule has 2 aromatic rings. The molecule has 0 bridgehead atoms. The van der Waals surface area contributed by atoms with Gasteiger partial charge in [0.2, 0.25) is 0 Å². The quantitative estimate of drug-likeness (QED) is 0.739. The van der Waals surface area contributed by atoms with Crippen molar-refractivity contribution < 1.29 is 14.5 Å². The van der Waals surface area contributed by atoms with Gasteiger partial charge in [-0.3, -0.25) is 9.59 Å². The van der Waals surface area contributed by atoms with E-state index in [2.05, 4.69) is 10.6 Å². The summed E-state index contributed by atoms with van der Waals surface area (Å²) in [5.41, 5.74) is 0.799. The molecular formula is C18H24N3O2+. The van der Waals surface area contributed by atoms with Crippen LogP contribution in [0.25, 0.3) is 10.8 Å². The minimum atomic E-state index is -0.101. The van der Waals surface area contributed by atoms with Gasteiger partial charge in [-0.1, -0.05) is 36.4 Å². The predicted octanol–water partition coefficient (Wildman–Crippen LogP) is 0.818. The van der Waals surface area contributed by atoms with Crippen molar-refractivity contribution in [1.82, 2.24) is 5.32 Å². The first-order chi connectivity index (χ1) is 11.0. The van der Waals surface area contributed by atoms with Crippen molar-refractivity contribution in [3.63, 3.8) is 0 Å². The van der Waals surface area contributed by atoms with Crippen LogP contribution in [-0.4, -0.2) is 38.0 Å². The Morgan fingerprint density at radius 2 is 1.65 bits per heavy atom. The van der Waals surface area contributed by atoms with Crippen LogP contribution in [0.5, 0.6) is 0 Å². The summed E-state index contributed by atoms with van der Waals surface area (Å²) >= 11 is 0. The number of amides is 2. The second-order valence-corrected chi connectivity index (χ2v) is 6.11. The average Bonchev–Trinajstić information content (AvgIpc) is 2.46. The van der Waals surface area contributed by atoms with Crippen LogP contribution in [0.4, 0.5) is 5.69 Å². The molecule has 0 saturated carbocycles. The smallest absolute Gasteiger partial charge is 0.279 e. The van der Waals surface area contributed by atoms with Gasteiger partial charge in [0.15, 0.2) is 13.1 Å². The molecule has 2 rings (SSSR count). The van der Waals surface area contributed by atoms with Gasteiger partial charge in [0, 0.05) is 17.1 Å². The standard InChI is InChI=1S/C18H23N3O2/c1-13(2)19-17(22)11-21(3)12-18(23)20-16-10-6-8-14-7-4-5-9-15(14)16/h4-10,13H,11-12H2,1-3H3,(H,19,22)(H,20,23)/p+1. The van der Waals surface area contributed by atoms with Crippen LogP contribution < -0.4 is 15.5 Å². The van der Waals surface area contributed by atoms with Crippen molar-refractivity contribution in [2.24, 2.45) is 0 Å². The predicted molar refractivity (Wildman–Crippen MR) is 92.5 cm³/mol. The molecule has 2 aromatic carbocycles. The zero-order chi connectivity index (χ0) is 16.8. The second kappa shape index (κ2) is 7.74. The van der Waals surface area contributed by atoms with E-state index in [4.69, 9.17) is 0 Å². The Kier molecular flexibility index (Phi) is 5.71. The third-order valence-corrected chi connectivity index (χ3v) is 3.44. The highest BCUT2D eigenvalue weighted by Gasteiger charge is 2.15. The Balaban J connectivity index is 1.95. The number of hydrogen-bond acceptors (Lipinski definition) is 2.